The van der Waals surface area contributed by atoms with Crippen LogP contribution in [0, 0.1) is 0 Å². The Balaban J connectivity index is 1.91. The first-order valence-electron chi connectivity index (χ1n) is 9.25. The van der Waals surface area contributed by atoms with Gasteiger partial charge in [-0.15, -0.1) is 0 Å². The first-order valence-corrected chi connectivity index (χ1v) is 9.25. The third kappa shape index (κ3) is 2.50. The number of carbonyl (C=O) groups excluding carboxylic acids is 1. The van der Waals surface area contributed by atoms with Crippen LogP contribution in [0.25, 0.3) is 22.0 Å². The summed E-state index contributed by atoms with van der Waals surface area (Å²) in [5.41, 5.74) is 3.69. The molecular formula is C22H19NO6. The molecule has 0 saturated heterocycles. The van der Waals surface area contributed by atoms with Gasteiger partial charge in [-0.25, -0.2) is 4.98 Å². The lowest BCUT2D eigenvalue weighted by molar-refractivity contribution is 0.0995. The maximum Gasteiger partial charge on any atom is 0.231 e. The van der Waals surface area contributed by atoms with Gasteiger partial charge in [-0.3, -0.25) is 4.79 Å². The topological polar surface area (TPSA) is 76.1 Å². The van der Waals surface area contributed by atoms with Crippen LogP contribution in [0.5, 0.6) is 28.7 Å². The summed E-state index contributed by atoms with van der Waals surface area (Å²) >= 11 is 0. The number of methoxy groups -OCH3 is 3. The summed E-state index contributed by atoms with van der Waals surface area (Å²) in [6.45, 7) is 0.186. The molecule has 3 aromatic rings. The fourth-order valence-corrected chi connectivity index (χ4v) is 4.10. The van der Waals surface area contributed by atoms with Crippen LogP contribution in [0.4, 0.5) is 0 Å². The molecule has 0 atom stereocenters. The van der Waals surface area contributed by atoms with E-state index in [0.717, 1.165) is 22.2 Å². The monoisotopic (exact) mass is 393 g/mol. The van der Waals surface area contributed by atoms with E-state index < -0.39 is 0 Å². The molecule has 7 heteroatoms. The average Bonchev–Trinajstić information content (AvgIpc) is 3.36. The number of pyridine rings is 1. The highest BCUT2D eigenvalue weighted by Crippen LogP contribution is 2.48. The lowest BCUT2D eigenvalue weighted by Crippen LogP contribution is -2.03. The van der Waals surface area contributed by atoms with Gasteiger partial charge >= 0.3 is 0 Å². The molecule has 29 heavy (non-hydrogen) atoms. The Bertz CT molecular complexity index is 1170. The Labute approximate surface area is 167 Å². The molecule has 7 nitrogen and oxygen atoms in total. The zero-order chi connectivity index (χ0) is 20.1. The van der Waals surface area contributed by atoms with E-state index in [1.807, 2.05) is 24.3 Å². The summed E-state index contributed by atoms with van der Waals surface area (Å²) < 4.78 is 27.7. The summed E-state index contributed by atoms with van der Waals surface area (Å²) in [5, 5.41) is 0.757. The van der Waals surface area contributed by atoms with Gasteiger partial charge < -0.3 is 23.7 Å². The van der Waals surface area contributed by atoms with Crippen molar-refractivity contribution in [3.63, 3.8) is 0 Å². The second kappa shape index (κ2) is 6.55. The van der Waals surface area contributed by atoms with E-state index in [-0.39, 0.29) is 12.6 Å². The molecule has 148 valence electrons. The summed E-state index contributed by atoms with van der Waals surface area (Å²) in [7, 11) is 4.69. The Morgan fingerprint density at radius 3 is 2.45 bits per heavy atom. The van der Waals surface area contributed by atoms with Crippen LogP contribution < -0.4 is 23.7 Å². The van der Waals surface area contributed by atoms with E-state index in [4.69, 9.17) is 28.7 Å². The predicted octanol–water partition coefficient (Wildman–Crippen LogP) is 3.79. The number of Topliss-reactive ketones (excluding diaryl/α,β-unsaturated/α-hetero) is 1. The van der Waals surface area contributed by atoms with Crippen LogP contribution in [-0.4, -0.2) is 38.9 Å². The van der Waals surface area contributed by atoms with Gasteiger partial charge in [0.05, 0.1) is 27.0 Å². The van der Waals surface area contributed by atoms with Crippen molar-refractivity contribution < 1.29 is 28.5 Å². The molecule has 0 N–H and O–H groups in total. The normalized spacial score (nSPS) is 14.2. The molecule has 0 amide bonds. The highest BCUT2D eigenvalue weighted by molar-refractivity contribution is 6.14. The Morgan fingerprint density at radius 2 is 1.69 bits per heavy atom. The SMILES string of the molecule is COc1cc2c(-c3ccc4c(c3)OCO4)c3c(nc2c(OC)c1OC)CCC3=O. The van der Waals surface area contributed by atoms with E-state index in [1.165, 1.54) is 0 Å². The standard InChI is InChI=1S/C22H19NO6/c1-25-17-9-12-18(11-4-7-15-16(8-11)29-10-28-15)19-13(5-6-14(19)24)23-20(12)22(27-3)21(17)26-2/h4,7-9H,5-6,10H2,1-3H3. The van der Waals surface area contributed by atoms with Gasteiger partial charge in [0.1, 0.15) is 5.52 Å². The van der Waals surface area contributed by atoms with Gasteiger partial charge in [0, 0.05) is 22.9 Å². The fraction of sp³-hybridized carbons (Fsp3) is 0.273. The summed E-state index contributed by atoms with van der Waals surface area (Å²) in [5.74, 6) is 2.87. The van der Waals surface area contributed by atoms with Gasteiger partial charge in [-0.2, -0.15) is 0 Å². The number of fused-ring (bicyclic) bond motifs is 3. The quantitative estimate of drug-likeness (QED) is 0.668. The molecule has 2 aromatic carbocycles. The minimum absolute atomic E-state index is 0.0795. The van der Waals surface area contributed by atoms with Crippen LogP contribution in [0.3, 0.4) is 0 Å². The number of rotatable bonds is 4. The number of ether oxygens (including phenoxy) is 5. The number of carbonyl (C=O) groups is 1. The lowest BCUT2D eigenvalue weighted by Gasteiger charge is -2.18. The van der Waals surface area contributed by atoms with E-state index >= 15 is 0 Å². The van der Waals surface area contributed by atoms with Crippen LogP contribution >= 0.6 is 0 Å². The zero-order valence-corrected chi connectivity index (χ0v) is 16.3. The highest BCUT2D eigenvalue weighted by Gasteiger charge is 2.30. The van der Waals surface area contributed by atoms with Gasteiger partial charge in [0.15, 0.2) is 28.8 Å². The second-order valence-corrected chi connectivity index (χ2v) is 6.84. The molecule has 0 bridgehead atoms. The molecule has 1 aromatic heterocycles. The van der Waals surface area contributed by atoms with Crippen molar-refractivity contribution in [2.45, 2.75) is 12.8 Å². The minimum Gasteiger partial charge on any atom is -0.493 e. The molecule has 1 aliphatic heterocycles. The summed E-state index contributed by atoms with van der Waals surface area (Å²) in [4.78, 5) is 17.6. The van der Waals surface area contributed by atoms with Crippen LogP contribution in [0.15, 0.2) is 24.3 Å². The van der Waals surface area contributed by atoms with Crippen molar-refractivity contribution in [3.05, 3.63) is 35.5 Å². The highest BCUT2D eigenvalue weighted by atomic mass is 16.7. The molecule has 0 radical (unpaired) electrons. The molecule has 0 unspecified atom stereocenters. The first-order chi connectivity index (χ1) is 14.2. The number of hydrogen-bond acceptors (Lipinski definition) is 7. The van der Waals surface area contributed by atoms with Crippen molar-refractivity contribution in [1.82, 2.24) is 4.98 Å². The molecule has 5 rings (SSSR count). The number of nitrogens with zero attached hydrogens (tertiary/aromatic N) is 1. The third-order valence-corrected chi connectivity index (χ3v) is 5.39. The molecule has 0 spiro atoms. The van der Waals surface area contributed by atoms with Gasteiger partial charge in [0.2, 0.25) is 12.5 Å². The molecule has 0 fully saturated rings. The van der Waals surface area contributed by atoms with E-state index in [0.29, 0.717) is 52.7 Å². The molecule has 1 aliphatic carbocycles. The minimum atomic E-state index is 0.0795. The van der Waals surface area contributed by atoms with Gasteiger partial charge in [0.25, 0.3) is 0 Å². The Morgan fingerprint density at radius 1 is 0.897 bits per heavy atom. The molecule has 2 aliphatic rings. The van der Waals surface area contributed by atoms with Crippen LogP contribution in [0.1, 0.15) is 22.5 Å². The Kier molecular flexibility index (Phi) is 3.97. The maximum absolute atomic E-state index is 12.8. The number of benzene rings is 2. The second-order valence-electron chi connectivity index (χ2n) is 6.84. The molecule has 2 heterocycles. The lowest BCUT2D eigenvalue weighted by atomic mass is 9.93. The summed E-state index contributed by atoms with van der Waals surface area (Å²) in [6, 6.07) is 7.52. The van der Waals surface area contributed by atoms with Gasteiger partial charge in [-0.05, 0) is 30.2 Å². The van der Waals surface area contributed by atoms with Gasteiger partial charge in [-0.1, -0.05) is 6.07 Å². The molecule has 0 saturated carbocycles. The van der Waals surface area contributed by atoms with Crippen LogP contribution in [-0.2, 0) is 6.42 Å². The zero-order valence-electron chi connectivity index (χ0n) is 16.3. The van der Waals surface area contributed by atoms with E-state index in [2.05, 4.69) is 0 Å². The number of aryl methyl sites for hydroxylation is 1. The number of ketones is 1. The van der Waals surface area contributed by atoms with Crippen molar-refractivity contribution >= 4 is 16.7 Å². The van der Waals surface area contributed by atoms with Crippen molar-refractivity contribution in [2.24, 2.45) is 0 Å². The van der Waals surface area contributed by atoms with Crippen LogP contribution in [0.2, 0.25) is 0 Å². The average molecular weight is 393 g/mol. The number of aromatic nitrogens is 1. The Hall–Kier alpha value is -3.48. The summed E-state index contributed by atoms with van der Waals surface area (Å²) in [6.07, 6.45) is 1.03. The third-order valence-electron chi connectivity index (χ3n) is 5.39. The van der Waals surface area contributed by atoms with Crippen molar-refractivity contribution in [2.75, 3.05) is 28.1 Å². The predicted molar refractivity (Wildman–Crippen MR) is 106 cm³/mol. The fourth-order valence-electron chi connectivity index (χ4n) is 4.10. The first kappa shape index (κ1) is 17.6. The van der Waals surface area contributed by atoms with E-state index in [1.54, 1.807) is 21.3 Å². The maximum atomic E-state index is 12.8. The smallest absolute Gasteiger partial charge is 0.231 e. The van der Waals surface area contributed by atoms with Crippen molar-refractivity contribution in [1.29, 1.82) is 0 Å². The van der Waals surface area contributed by atoms with E-state index in [9.17, 15) is 4.79 Å². The van der Waals surface area contributed by atoms with Crippen molar-refractivity contribution in [3.8, 4) is 39.9 Å². The number of hydrogen-bond donors (Lipinski definition) is 0. The molecular weight excluding hydrogens is 374 g/mol. The largest absolute Gasteiger partial charge is 0.493 e.